The zero-order valence-electron chi connectivity index (χ0n) is 13.9. The second-order valence-corrected chi connectivity index (χ2v) is 6.46. The fourth-order valence-corrected chi connectivity index (χ4v) is 3.29. The predicted molar refractivity (Wildman–Crippen MR) is 90.2 cm³/mol. The molecule has 4 heterocycles. The smallest absolute Gasteiger partial charge is 0.322 e. The standard InChI is InChI=1S/C17H21N5O3/c23-16-15(20-17(24)21-16)14-8-13-11(10-25-14)2-3-12(19-13)9-22-6-1-4-18-5-7-22/h2-3,8,15,18H,1,4-7,9-10H2,(H2,20,21,23,24). The number of carbonyl (C=O) groups is 2. The lowest BCUT2D eigenvalue weighted by molar-refractivity contribution is -0.120. The van der Waals surface area contributed by atoms with Crippen LogP contribution in [0.5, 0.6) is 0 Å². The SMILES string of the molecule is O=C1NC(=O)C(C2=Cc3nc(CN4CCCNCC4)ccc3CO2)N1. The van der Waals surface area contributed by atoms with Gasteiger partial charge in [0.1, 0.15) is 12.4 Å². The van der Waals surface area contributed by atoms with Crippen LogP contribution in [0.15, 0.2) is 17.9 Å². The quantitative estimate of drug-likeness (QED) is 0.667. The number of urea groups is 1. The van der Waals surface area contributed by atoms with Gasteiger partial charge in [-0.3, -0.25) is 20.0 Å². The molecule has 1 aromatic heterocycles. The molecule has 8 nitrogen and oxygen atoms in total. The molecule has 3 aliphatic heterocycles. The van der Waals surface area contributed by atoms with Crippen LogP contribution in [-0.2, 0) is 22.7 Å². The summed E-state index contributed by atoms with van der Waals surface area (Å²) in [6.07, 6.45) is 2.89. The van der Waals surface area contributed by atoms with Gasteiger partial charge < -0.3 is 15.4 Å². The topological polar surface area (TPSA) is 95.6 Å². The maximum absolute atomic E-state index is 11.8. The fourth-order valence-electron chi connectivity index (χ4n) is 3.29. The van der Waals surface area contributed by atoms with Gasteiger partial charge in [0.15, 0.2) is 6.04 Å². The second-order valence-electron chi connectivity index (χ2n) is 6.46. The van der Waals surface area contributed by atoms with Crippen molar-refractivity contribution in [2.45, 2.75) is 25.6 Å². The molecule has 1 unspecified atom stereocenters. The van der Waals surface area contributed by atoms with Crippen LogP contribution < -0.4 is 16.0 Å². The van der Waals surface area contributed by atoms with E-state index in [1.807, 2.05) is 12.1 Å². The molecule has 0 saturated carbocycles. The first-order valence-electron chi connectivity index (χ1n) is 8.57. The highest BCUT2D eigenvalue weighted by molar-refractivity contribution is 6.06. The number of nitrogens with zero attached hydrogens (tertiary/aromatic N) is 2. The summed E-state index contributed by atoms with van der Waals surface area (Å²) in [6.45, 7) is 5.29. The van der Waals surface area contributed by atoms with Crippen LogP contribution in [0.4, 0.5) is 4.79 Å². The van der Waals surface area contributed by atoms with Crippen LogP contribution in [0, 0.1) is 0 Å². The summed E-state index contributed by atoms with van der Waals surface area (Å²) >= 11 is 0. The van der Waals surface area contributed by atoms with Crippen molar-refractivity contribution < 1.29 is 14.3 Å². The number of imide groups is 1. The molecule has 0 spiro atoms. The number of hydrogen-bond acceptors (Lipinski definition) is 6. The van der Waals surface area contributed by atoms with E-state index < -0.39 is 18.0 Å². The monoisotopic (exact) mass is 343 g/mol. The molecule has 0 aromatic carbocycles. The van der Waals surface area contributed by atoms with Crippen LogP contribution >= 0.6 is 0 Å². The number of fused-ring (bicyclic) bond motifs is 1. The fraction of sp³-hybridized carbons (Fsp3) is 0.471. The van der Waals surface area contributed by atoms with Crippen molar-refractivity contribution in [3.63, 3.8) is 0 Å². The van der Waals surface area contributed by atoms with Gasteiger partial charge in [-0.1, -0.05) is 6.07 Å². The summed E-state index contributed by atoms with van der Waals surface area (Å²) in [6, 6.07) is 2.78. The summed E-state index contributed by atoms with van der Waals surface area (Å²) in [5.41, 5.74) is 2.79. The summed E-state index contributed by atoms with van der Waals surface area (Å²) in [4.78, 5) is 30.2. The van der Waals surface area contributed by atoms with Crippen molar-refractivity contribution in [2.75, 3.05) is 26.2 Å². The van der Waals surface area contributed by atoms with Crippen molar-refractivity contribution >= 4 is 18.0 Å². The van der Waals surface area contributed by atoms with Gasteiger partial charge >= 0.3 is 6.03 Å². The van der Waals surface area contributed by atoms with Crippen molar-refractivity contribution in [3.8, 4) is 0 Å². The number of nitrogens with one attached hydrogen (secondary N) is 3. The lowest BCUT2D eigenvalue weighted by atomic mass is 10.1. The Hall–Kier alpha value is -2.45. The highest BCUT2D eigenvalue weighted by atomic mass is 16.5. The molecular weight excluding hydrogens is 322 g/mol. The highest BCUT2D eigenvalue weighted by Crippen LogP contribution is 2.24. The number of carbonyl (C=O) groups excluding carboxylic acids is 2. The van der Waals surface area contributed by atoms with E-state index in [-0.39, 0.29) is 0 Å². The van der Waals surface area contributed by atoms with E-state index in [1.165, 1.54) is 0 Å². The molecule has 3 amide bonds. The Morgan fingerprint density at radius 3 is 3.00 bits per heavy atom. The van der Waals surface area contributed by atoms with E-state index in [0.717, 1.165) is 56.1 Å². The van der Waals surface area contributed by atoms with Crippen LogP contribution in [-0.4, -0.2) is 54.0 Å². The normalized spacial score (nSPS) is 23.8. The van der Waals surface area contributed by atoms with Crippen LogP contribution in [0.2, 0.25) is 0 Å². The zero-order valence-corrected chi connectivity index (χ0v) is 13.9. The first kappa shape index (κ1) is 16.0. The first-order chi connectivity index (χ1) is 12.2. The van der Waals surface area contributed by atoms with Crippen molar-refractivity contribution in [2.24, 2.45) is 0 Å². The van der Waals surface area contributed by atoms with Crippen molar-refractivity contribution in [1.82, 2.24) is 25.8 Å². The lowest BCUT2D eigenvalue weighted by Gasteiger charge is -2.22. The van der Waals surface area contributed by atoms with E-state index >= 15 is 0 Å². The van der Waals surface area contributed by atoms with Gasteiger partial charge in [0.2, 0.25) is 0 Å². The molecule has 132 valence electrons. The lowest BCUT2D eigenvalue weighted by Crippen LogP contribution is -2.33. The van der Waals surface area contributed by atoms with Gasteiger partial charge in [-0.2, -0.15) is 0 Å². The van der Waals surface area contributed by atoms with Gasteiger partial charge in [-0.05, 0) is 25.6 Å². The summed E-state index contributed by atoms with van der Waals surface area (Å²) in [5, 5.41) is 8.17. The van der Waals surface area contributed by atoms with Crippen molar-refractivity contribution in [3.05, 3.63) is 34.8 Å². The summed E-state index contributed by atoms with van der Waals surface area (Å²) < 4.78 is 5.64. The predicted octanol–water partition coefficient (Wildman–Crippen LogP) is -0.0440. The van der Waals surface area contributed by atoms with Gasteiger partial charge in [0.05, 0.1) is 11.4 Å². The molecule has 1 aromatic rings. The van der Waals surface area contributed by atoms with Gasteiger partial charge in [-0.25, -0.2) is 4.79 Å². The minimum Gasteiger partial charge on any atom is -0.490 e. The number of ether oxygens (including phenoxy) is 1. The van der Waals surface area contributed by atoms with Crippen molar-refractivity contribution in [1.29, 1.82) is 0 Å². The number of aromatic nitrogens is 1. The largest absolute Gasteiger partial charge is 0.490 e. The van der Waals surface area contributed by atoms with Gasteiger partial charge in [-0.15, -0.1) is 0 Å². The molecule has 2 fully saturated rings. The third-order valence-corrected chi connectivity index (χ3v) is 4.62. The molecular formula is C17H21N5O3. The Balaban J connectivity index is 1.52. The number of rotatable bonds is 3. The number of amides is 3. The minimum atomic E-state index is -0.775. The third-order valence-electron chi connectivity index (χ3n) is 4.62. The van der Waals surface area contributed by atoms with E-state index in [0.29, 0.717) is 12.4 Å². The first-order valence-corrected chi connectivity index (χ1v) is 8.57. The molecule has 1 atom stereocenters. The molecule has 0 bridgehead atoms. The Kier molecular flexibility index (Phi) is 4.37. The average Bonchev–Trinajstić information content (AvgIpc) is 2.80. The Bertz CT molecular complexity index is 725. The summed E-state index contributed by atoms with van der Waals surface area (Å²) in [5.74, 6) is 0.0346. The second kappa shape index (κ2) is 6.81. The van der Waals surface area contributed by atoms with Crippen LogP contribution in [0.3, 0.4) is 0 Å². The Morgan fingerprint density at radius 1 is 1.24 bits per heavy atom. The molecule has 8 heteroatoms. The van der Waals surface area contributed by atoms with Gasteiger partial charge in [0, 0.05) is 31.3 Å². The molecule has 0 aliphatic carbocycles. The zero-order chi connectivity index (χ0) is 17.2. The minimum absolute atomic E-state index is 0.349. The summed E-state index contributed by atoms with van der Waals surface area (Å²) in [7, 11) is 0. The molecule has 4 rings (SSSR count). The Morgan fingerprint density at radius 2 is 2.16 bits per heavy atom. The Labute approximate surface area is 145 Å². The average molecular weight is 343 g/mol. The molecule has 25 heavy (non-hydrogen) atoms. The molecule has 3 N–H and O–H groups in total. The maximum Gasteiger partial charge on any atom is 0.322 e. The highest BCUT2D eigenvalue weighted by Gasteiger charge is 2.35. The third kappa shape index (κ3) is 3.49. The molecule has 2 saturated heterocycles. The molecule has 3 aliphatic rings. The number of pyridine rings is 1. The van der Waals surface area contributed by atoms with Crippen LogP contribution in [0.1, 0.15) is 23.4 Å². The maximum atomic E-state index is 11.8. The van der Waals surface area contributed by atoms with E-state index in [1.54, 1.807) is 6.08 Å². The van der Waals surface area contributed by atoms with E-state index in [9.17, 15) is 9.59 Å². The van der Waals surface area contributed by atoms with Gasteiger partial charge in [0.25, 0.3) is 5.91 Å². The molecule has 0 radical (unpaired) electrons. The van der Waals surface area contributed by atoms with Crippen LogP contribution in [0.25, 0.3) is 6.08 Å². The number of hydrogen-bond donors (Lipinski definition) is 3. The van der Waals surface area contributed by atoms with E-state index in [2.05, 4.69) is 20.9 Å². The van der Waals surface area contributed by atoms with E-state index in [4.69, 9.17) is 9.72 Å².